The summed E-state index contributed by atoms with van der Waals surface area (Å²) in [5, 5.41) is 0. The average molecular weight is 223 g/mol. The highest BCUT2D eigenvalue weighted by atomic mass is 16.1. The van der Waals surface area contributed by atoms with Crippen molar-refractivity contribution in [2.75, 3.05) is 6.54 Å². The molecule has 0 aromatic rings. The maximum atomic E-state index is 11.9. The number of unbranched alkanes of at least 4 members (excludes halogenated alkanes) is 1. The predicted molar refractivity (Wildman–Crippen MR) is 68.2 cm³/mol. The van der Waals surface area contributed by atoms with Crippen LogP contribution in [0.4, 0.5) is 0 Å². The summed E-state index contributed by atoms with van der Waals surface area (Å²) in [4.78, 5) is 11.9. The number of hydrogen-bond donors (Lipinski definition) is 1. The Morgan fingerprint density at radius 1 is 1.31 bits per heavy atom. The molecule has 0 aromatic carbocycles. The molecule has 0 atom stereocenters. The molecule has 0 spiro atoms. The van der Waals surface area contributed by atoms with E-state index in [0.717, 1.165) is 25.7 Å². The summed E-state index contributed by atoms with van der Waals surface area (Å²) < 4.78 is 0. The van der Waals surface area contributed by atoms with Gasteiger partial charge in [0.05, 0.1) is 0 Å². The second-order valence-electron chi connectivity index (χ2n) is 5.16. The number of Topliss-reactive ketones (excluding diaryl/α,β-unsaturated/α-hetero) is 1. The number of hydrogen-bond acceptors (Lipinski definition) is 2. The van der Waals surface area contributed by atoms with Gasteiger partial charge in [-0.2, -0.15) is 0 Å². The molecule has 0 unspecified atom stereocenters. The van der Waals surface area contributed by atoms with Crippen LogP contribution in [0.25, 0.3) is 0 Å². The molecule has 0 saturated heterocycles. The lowest BCUT2D eigenvalue weighted by Crippen LogP contribution is -2.35. The van der Waals surface area contributed by atoms with Crippen LogP contribution in [0, 0.1) is 5.41 Å². The molecule has 2 N–H and O–H groups in total. The molecule has 92 valence electrons. The predicted octanol–water partition coefficient (Wildman–Crippen LogP) is 3.21. The summed E-state index contributed by atoms with van der Waals surface area (Å²) in [6.45, 7) is 4.35. The summed E-state index contributed by atoms with van der Waals surface area (Å²) >= 11 is 0. The van der Waals surface area contributed by atoms with Gasteiger partial charge in [0.15, 0.2) is 0 Å². The Hall–Kier alpha value is -0.630. The summed E-state index contributed by atoms with van der Waals surface area (Å²) in [5.74, 6) is 0.397. The van der Waals surface area contributed by atoms with E-state index in [9.17, 15) is 4.79 Å². The first kappa shape index (κ1) is 13.4. The van der Waals surface area contributed by atoms with Gasteiger partial charge < -0.3 is 5.73 Å². The first-order valence-electron chi connectivity index (χ1n) is 6.55. The topological polar surface area (TPSA) is 43.1 Å². The first-order chi connectivity index (χ1) is 7.72. The van der Waals surface area contributed by atoms with E-state index in [1.54, 1.807) is 0 Å². The number of nitrogens with two attached hydrogens (primary N) is 1. The van der Waals surface area contributed by atoms with Gasteiger partial charge in [0, 0.05) is 12.8 Å². The minimum atomic E-state index is 0.142. The highest BCUT2D eigenvalue weighted by molar-refractivity contribution is 5.79. The van der Waals surface area contributed by atoms with Crippen molar-refractivity contribution in [1.29, 1.82) is 0 Å². The monoisotopic (exact) mass is 223 g/mol. The molecule has 0 bridgehead atoms. The molecule has 0 heterocycles. The van der Waals surface area contributed by atoms with Gasteiger partial charge in [0.2, 0.25) is 0 Å². The summed E-state index contributed by atoms with van der Waals surface area (Å²) in [6.07, 6.45) is 11.3. The van der Waals surface area contributed by atoms with Crippen LogP contribution < -0.4 is 5.73 Å². The van der Waals surface area contributed by atoms with E-state index in [1.807, 2.05) is 6.08 Å². The molecule has 0 radical (unpaired) electrons. The Morgan fingerprint density at radius 2 is 2.00 bits per heavy atom. The fourth-order valence-corrected chi connectivity index (χ4v) is 2.71. The van der Waals surface area contributed by atoms with Gasteiger partial charge in [0.1, 0.15) is 5.78 Å². The van der Waals surface area contributed by atoms with Crippen LogP contribution in [-0.2, 0) is 4.79 Å². The lowest BCUT2D eigenvalue weighted by molar-refractivity contribution is -0.121. The van der Waals surface area contributed by atoms with Gasteiger partial charge >= 0.3 is 0 Å². The second kappa shape index (κ2) is 6.85. The maximum Gasteiger partial charge on any atom is 0.133 e. The van der Waals surface area contributed by atoms with E-state index in [0.29, 0.717) is 25.2 Å². The fraction of sp³-hybridized carbons (Fsp3) is 0.786. The van der Waals surface area contributed by atoms with E-state index >= 15 is 0 Å². The lowest BCUT2D eigenvalue weighted by Gasteiger charge is -2.35. The van der Waals surface area contributed by atoms with Crippen molar-refractivity contribution < 1.29 is 4.79 Å². The zero-order chi connectivity index (χ0) is 11.9. The van der Waals surface area contributed by atoms with Gasteiger partial charge in [-0.3, -0.25) is 4.79 Å². The van der Waals surface area contributed by atoms with E-state index < -0.39 is 0 Å². The lowest BCUT2D eigenvalue weighted by atomic mass is 9.70. The molecular formula is C14H25NO. The van der Waals surface area contributed by atoms with Crippen LogP contribution in [-0.4, -0.2) is 12.3 Å². The van der Waals surface area contributed by atoms with Crippen molar-refractivity contribution in [2.24, 2.45) is 11.1 Å². The quantitative estimate of drug-likeness (QED) is 0.532. The van der Waals surface area contributed by atoms with Crippen molar-refractivity contribution in [1.82, 2.24) is 0 Å². The zero-order valence-electron chi connectivity index (χ0n) is 10.3. The number of ketones is 1. The number of carbonyl (C=O) groups is 1. The van der Waals surface area contributed by atoms with Crippen LogP contribution in [0.2, 0.25) is 0 Å². The van der Waals surface area contributed by atoms with Crippen LogP contribution in [0.15, 0.2) is 12.7 Å². The third-order valence-electron chi connectivity index (χ3n) is 3.78. The van der Waals surface area contributed by atoms with Crippen molar-refractivity contribution in [3.8, 4) is 0 Å². The Balaban J connectivity index is 2.36. The van der Waals surface area contributed by atoms with Crippen molar-refractivity contribution in [3.63, 3.8) is 0 Å². The fourth-order valence-electron chi connectivity index (χ4n) is 2.71. The zero-order valence-corrected chi connectivity index (χ0v) is 10.3. The molecule has 0 aromatic heterocycles. The molecular weight excluding hydrogens is 198 g/mol. The maximum absolute atomic E-state index is 11.9. The summed E-state index contributed by atoms with van der Waals surface area (Å²) in [7, 11) is 0. The van der Waals surface area contributed by atoms with Gasteiger partial charge in [0.25, 0.3) is 0 Å². The minimum absolute atomic E-state index is 0.142. The Morgan fingerprint density at radius 3 is 2.56 bits per heavy atom. The molecule has 1 saturated carbocycles. The largest absolute Gasteiger partial charge is 0.330 e. The molecule has 1 aliphatic rings. The van der Waals surface area contributed by atoms with E-state index in [2.05, 4.69) is 6.58 Å². The summed E-state index contributed by atoms with van der Waals surface area (Å²) in [5.41, 5.74) is 6.02. The van der Waals surface area contributed by atoms with Crippen LogP contribution >= 0.6 is 0 Å². The summed E-state index contributed by atoms with van der Waals surface area (Å²) in [6, 6.07) is 0. The van der Waals surface area contributed by atoms with Crippen LogP contribution in [0.5, 0.6) is 0 Å². The SMILES string of the molecule is C=CCCCC(=O)CC1(CN)CCCCC1. The molecule has 16 heavy (non-hydrogen) atoms. The minimum Gasteiger partial charge on any atom is -0.330 e. The van der Waals surface area contributed by atoms with Gasteiger partial charge in [-0.25, -0.2) is 0 Å². The molecule has 2 nitrogen and oxygen atoms in total. The Labute approximate surface area is 99.3 Å². The number of rotatable bonds is 7. The van der Waals surface area contributed by atoms with E-state index in [1.165, 1.54) is 19.3 Å². The van der Waals surface area contributed by atoms with Gasteiger partial charge in [-0.15, -0.1) is 6.58 Å². The average Bonchev–Trinajstić information content (AvgIpc) is 2.30. The molecule has 1 aliphatic carbocycles. The normalized spacial score (nSPS) is 19.3. The molecule has 2 heteroatoms. The second-order valence-corrected chi connectivity index (χ2v) is 5.16. The third-order valence-corrected chi connectivity index (χ3v) is 3.78. The van der Waals surface area contributed by atoms with Gasteiger partial charge in [-0.05, 0) is 37.6 Å². The van der Waals surface area contributed by atoms with E-state index in [-0.39, 0.29) is 5.41 Å². The van der Waals surface area contributed by atoms with Crippen molar-refractivity contribution >= 4 is 5.78 Å². The van der Waals surface area contributed by atoms with Crippen LogP contribution in [0.3, 0.4) is 0 Å². The number of allylic oxidation sites excluding steroid dienone is 1. The van der Waals surface area contributed by atoms with Crippen LogP contribution in [0.1, 0.15) is 57.8 Å². The Bertz CT molecular complexity index is 229. The highest BCUT2D eigenvalue weighted by Crippen LogP contribution is 2.38. The van der Waals surface area contributed by atoms with Gasteiger partial charge in [-0.1, -0.05) is 25.3 Å². The van der Waals surface area contributed by atoms with Crippen molar-refractivity contribution in [3.05, 3.63) is 12.7 Å². The molecule has 1 fully saturated rings. The highest BCUT2D eigenvalue weighted by Gasteiger charge is 2.32. The van der Waals surface area contributed by atoms with E-state index in [4.69, 9.17) is 5.73 Å². The molecule has 0 amide bonds. The first-order valence-corrected chi connectivity index (χ1v) is 6.55. The third kappa shape index (κ3) is 4.09. The van der Waals surface area contributed by atoms with Crippen molar-refractivity contribution in [2.45, 2.75) is 57.8 Å². The standard InChI is InChI=1S/C14H25NO/c1-2-3-5-8-13(16)11-14(12-15)9-6-4-7-10-14/h2H,1,3-12,15H2. The molecule has 0 aliphatic heterocycles. The molecule has 1 rings (SSSR count). The smallest absolute Gasteiger partial charge is 0.133 e. The number of carbonyl (C=O) groups excluding carboxylic acids is 1. The Kier molecular flexibility index (Phi) is 5.75.